The third-order valence-electron chi connectivity index (χ3n) is 3.60. The lowest BCUT2D eigenvalue weighted by molar-refractivity contribution is 0.414. The molecule has 108 valence electrons. The van der Waals surface area contributed by atoms with E-state index in [4.69, 9.17) is 21.3 Å². The van der Waals surface area contributed by atoms with Crippen LogP contribution in [-0.4, -0.2) is 22.5 Å². The van der Waals surface area contributed by atoms with Crippen LogP contribution in [0.25, 0.3) is 16.7 Å². The van der Waals surface area contributed by atoms with Crippen LogP contribution in [-0.2, 0) is 6.42 Å². The van der Waals surface area contributed by atoms with Crippen molar-refractivity contribution in [3.63, 3.8) is 0 Å². The minimum Gasteiger partial charge on any atom is -0.497 e. The minimum absolute atomic E-state index is 0.554. The van der Waals surface area contributed by atoms with Crippen molar-refractivity contribution in [1.29, 1.82) is 0 Å². The molecule has 0 amide bonds. The molecule has 0 bridgehead atoms. The first-order chi connectivity index (χ1) is 10.2. The van der Waals surface area contributed by atoms with Crippen molar-refractivity contribution in [2.24, 2.45) is 0 Å². The molecule has 0 aliphatic carbocycles. The summed E-state index contributed by atoms with van der Waals surface area (Å²) in [4.78, 5) is 4.73. The van der Waals surface area contributed by atoms with E-state index in [1.165, 1.54) is 5.56 Å². The number of aromatic nitrogens is 2. The maximum Gasteiger partial charge on any atom is 0.119 e. The number of methoxy groups -OCH3 is 1. The number of alkyl halides is 1. The molecule has 0 fully saturated rings. The van der Waals surface area contributed by atoms with Crippen molar-refractivity contribution >= 4 is 22.6 Å². The summed E-state index contributed by atoms with van der Waals surface area (Å²) in [5.74, 6) is 2.39. The van der Waals surface area contributed by atoms with Crippen molar-refractivity contribution < 1.29 is 4.74 Å². The van der Waals surface area contributed by atoms with Crippen molar-refractivity contribution in [3.05, 3.63) is 53.9 Å². The number of benzene rings is 2. The number of hydrogen-bond acceptors (Lipinski definition) is 2. The van der Waals surface area contributed by atoms with Gasteiger partial charge in [0, 0.05) is 18.0 Å². The van der Waals surface area contributed by atoms with Crippen molar-refractivity contribution in [2.45, 2.75) is 13.3 Å². The van der Waals surface area contributed by atoms with E-state index in [0.717, 1.165) is 34.7 Å². The summed E-state index contributed by atoms with van der Waals surface area (Å²) in [6.45, 7) is 2.11. The van der Waals surface area contributed by atoms with Crippen LogP contribution in [0.1, 0.15) is 11.4 Å². The molecule has 0 spiro atoms. The Balaban J connectivity index is 2.24. The number of nitrogens with zero attached hydrogens (tertiary/aromatic N) is 2. The van der Waals surface area contributed by atoms with Gasteiger partial charge in [-0.25, -0.2) is 4.98 Å². The predicted molar refractivity (Wildman–Crippen MR) is 86.8 cm³/mol. The molecule has 0 saturated carbocycles. The monoisotopic (exact) mass is 300 g/mol. The Kier molecular flexibility index (Phi) is 3.84. The first-order valence-electron chi connectivity index (χ1n) is 6.92. The van der Waals surface area contributed by atoms with Gasteiger partial charge in [0.15, 0.2) is 0 Å². The van der Waals surface area contributed by atoms with Gasteiger partial charge >= 0.3 is 0 Å². The fourth-order valence-corrected chi connectivity index (χ4v) is 2.77. The highest BCUT2D eigenvalue weighted by Crippen LogP contribution is 2.26. The van der Waals surface area contributed by atoms with Crippen LogP contribution in [0.15, 0.2) is 42.5 Å². The lowest BCUT2D eigenvalue weighted by Crippen LogP contribution is -2.03. The number of hydrogen-bond donors (Lipinski definition) is 0. The van der Waals surface area contributed by atoms with Gasteiger partial charge in [-0.2, -0.15) is 0 Å². The summed E-state index contributed by atoms with van der Waals surface area (Å²) < 4.78 is 7.42. The molecule has 3 rings (SSSR count). The van der Waals surface area contributed by atoms with Gasteiger partial charge < -0.3 is 4.74 Å². The van der Waals surface area contributed by atoms with Crippen LogP contribution in [0.4, 0.5) is 0 Å². The van der Waals surface area contributed by atoms with E-state index in [-0.39, 0.29) is 0 Å². The number of fused-ring (bicyclic) bond motifs is 1. The summed E-state index contributed by atoms with van der Waals surface area (Å²) in [6, 6.07) is 14.2. The Bertz CT molecular complexity index is 762. The Morgan fingerprint density at radius 1 is 1.14 bits per heavy atom. The number of ether oxygens (including phenoxy) is 1. The van der Waals surface area contributed by atoms with Crippen LogP contribution >= 0.6 is 11.6 Å². The Labute approximate surface area is 129 Å². The van der Waals surface area contributed by atoms with Crippen LogP contribution in [0, 0.1) is 6.92 Å². The van der Waals surface area contributed by atoms with E-state index < -0.39 is 0 Å². The normalized spacial score (nSPS) is 11.0. The molecule has 0 N–H and O–H groups in total. The second-order valence-corrected chi connectivity index (χ2v) is 5.32. The Hall–Kier alpha value is -2.00. The van der Waals surface area contributed by atoms with Crippen molar-refractivity contribution in [1.82, 2.24) is 9.55 Å². The van der Waals surface area contributed by atoms with Gasteiger partial charge in [0.2, 0.25) is 0 Å². The van der Waals surface area contributed by atoms with Crippen molar-refractivity contribution in [3.8, 4) is 11.4 Å². The van der Waals surface area contributed by atoms with Crippen LogP contribution in [0.5, 0.6) is 5.75 Å². The van der Waals surface area contributed by atoms with E-state index in [1.54, 1.807) is 7.11 Å². The van der Waals surface area contributed by atoms with E-state index in [1.807, 2.05) is 36.4 Å². The van der Waals surface area contributed by atoms with Crippen LogP contribution < -0.4 is 4.74 Å². The number of imidazole rings is 1. The molecular weight excluding hydrogens is 284 g/mol. The highest BCUT2D eigenvalue weighted by Gasteiger charge is 2.13. The zero-order valence-electron chi connectivity index (χ0n) is 12.1. The quantitative estimate of drug-likeness (QED) is 0.678. The number of aryl methyl sites for hydroxylation is 2. The van der Waals surface area contributed by atoms with E-state index in [9.17, 15) is 0 Å². The Morgan fingerprint density at radius 3 is 2.57 bits per heavy atom. The average molecular weight is 301 g/mol. The van der Waals surface area contributed by atoms with Crippen LogP contribution in [0.3, 0.4) is 0 Å². The zero-order valence-corrected chi connectivity index (χ0v) is 12.9. The number of halogens is 1. The molecule has 0 radical (unpaired) electrons. The van der Waals surface area contributed by atoms with E-state index in [0.29, 0.717) is 5.88 Å². The fourth-order valence-electron chi connectivity index (χ4n) is 2.60. The molecule has 0 unspecified atom stereocenters. The average Bonchev–Trinajstić information content (AvgIpc) is 2.87. The first-order valence-corrected chi connectivity index (χ1v) is 7.45. The molecule has 1 heterocycles. The third kappa shape index (κ3) is 2.49. The lowest BCUT2D eigenvalue weighted by Gasteiger charge is -2.10. The zero-order chi connectivity index (χ0) is 14.8. The van der Waals surface area contributed by atoms with Gasteiger partial charge in [0.05, 0.1) is 18.1 Å². The van der Waals surface area contributed by atoms with Crippen molar-refractivity contribution in [2.75, 3.05) is 13.0 Å². The van der Waals surface area contributed by atoms with Gasteiger partial charge in [-0.15, -0.1) is 11.6 Å². The first kappa shape index (κ1) is 14.0. The molecule has 2 aromatic carbocycles. The molecule has 4 heteroatoms. The second kappa shape index (κ2) is 5.78. The number of para-hydroxylation sites is 1. The summed E-state index contributed by atoms with van der Waals surface area (Å²) in [6.07, 6.45) is 0.738. The molecule has 3 nitrogen and oxygen atoms in total. The molecule has 3 aromatic rings. The molecule has 1 aromatic heterocycles. The lowest BCUT2D eigenvalue weighted by atomic mass is 10.2. The van der Waals surface area contributed by atoms with Gasteiger partial charge in [-0.3, -0.25) is 4.57 Å². The van der Waals surface area contributed by atoms with Crippen LogP contribution in [0.2, 0.25) is 0 Å². The maximum atomic E-state index is 5.94. The van der Waals surface area contributed by atoms with Gasteiger partial charge in [-0.05, 0) is 42.8 Å². The highest BCUT2D eigenvalue weighted by molar-refractivity contribution is 6.17. The van der Waals surface area contributed by atoms with Gasteiger partial charge in [0.1, 0.15) is 11.6 Å². The summed E-state index contributed by atoms with van der Waals surface area (Å²) in [7, 11) is 1.67. The molecular formula is C17H17ClN2O. The largest absolute Gasteiger partial charge is 0.497 e. The molecule has 21 heavy (non-hydrogen) atoms. The molecule has 0 saturated heterocycles. The third-order valence-corrected chi connectivity index (χ3v) is 3.79. The molecule has 0 aliphatic heterocycles. The predicted octanol–water partition coefficient (Wildman–Crippen LogP) is 4.12. The van der Waals surface area contributed by atoms with Gasteiger partial charge in [-0.1, -0.05) is 12.1 Å². The fraction of sp³-hybridized carbons (Fsp3) is 0.235. The maximum absolute atomic E-state index is 5.94. The summed E-state index contributed by atoms with van der Waals surface area (Å²) in [5.41, 5.74) is 4.43. The highest BCUT2D eigenvalue weighted by atomic mass is 35.5. The smallest absolute Gasteiger partial charge is 0.119 e. The van der Waals surface area contributed by atoms with E-state index in [2.05, 4.69) is 17.6 Å². The molecule has 0 aliphatic rings. The van der Waals surface area contributed by atoms with E-state index >= 15 is 0 Å². The standard InChI is InChI=1S/C17H17ClN2O/c1-12-4-3-5-15-17(12)20(16(19-15)10-11-18)13-6-8-14(21-2)9-7-13/h3-9H,10-11H2,1-2H3. The minimum atomic E-state index is 0.554. The Morgan fingerprint density at radius 2 is 1.90 bits per heavy atom. The second-order valence-electron chi connectivity index (χ2n) is 4.94. The summed E-state index contributed by atoms with van der Waals surface area (Å²) in [5, 5.41) is 0. The SMILES string of the molecule is COc1ccc(-n2c(CCCl)nc3cccc(C)c32)cc1. The van der Waals surface area contributed by atoms with Gasteiger partial charge in [0.25, 0.3) is 0 Å². The topological polar surface area (TPSA) is 27.1 Å². The molecule has 0 atom stereocenters. The summed E-state index contributed by atoms with van der Waals surface area (Å²) >= 11 is 5.94. The number of rotatable bonds is 4.